The first-order chi connectivity index (χ1) is 26.3. The van der Waals surface area contributed by atoms with E-state index < -0.39 is 0 Å². The van der Waals surface area contributed by atoms with Crippen molar-refractivity contribution in [3.63, 3.8) is 0 Å². The van der Waals surface area contributed by atoms with Crippen LogP contribution in [0.3, 0.4) is 0 Å². The summed E-state index contributed by atoms with van der Waals surface area (Å²) in [5.74, 6) is 0. The molecule has 3 heteroatoms. The molecule has 0 aliphatic rings. The Kier molecular flexibility index (Phi) is 6.55. The van der Waals surface area contributed by atoms with Crippen LogP contribution in [-0.4, -0.2) is 0 Å². The van der Waals surface area contributed by atoms with Gasteiger partial charge in [0.05, 0.1) is 5.69 Å². The van der Waals surface area contributed by atoms with Crippen LogP contribution in [0.25, 0.3) is 87.7 Å². The molecule has 11 rings (SSSR count). The third-order valence-electron chi connectivity index (χ3n) is 10.7. The van der Waals surface area contributed by atoms with Gasteiger partial charge < -0.3 is 13.7 Å². The maximum atomic E-state index is 6.87. The maximum Gasteiger partial charge on any atom is 0.159 e. The highest BCUT2D eigenvalue weighted by Gasteiger charge is 2.21. The normalized spacial score (nSPS) is 11.8. The largest absolute Gasteiger partial charge is 0.455 e. The SMILES string of the molecule is c1ccc2cc(-c3ccc(N(c4ccc(-c5cccc6c5oc5ccccc56)cc4)c4cccc5c4oc4c6ccccc6ccc54)cc3)ccc2c1. The van der Waals surface area contributed by atoms with E-state index in [1.807, 2.05) is 12.1 Å². The van der Waals surface area contributed by atoms with Gasteiger partial charge in [-0.1, -0.05) is 140 Å². The highest BCUT2D eigenvalue weighted by molar-refractivity contribution is 6.17. The van der Waals surface area contributed by atoms with E-state index in [0.29, 0.717) is 0 Å². The first-order valence-corrected chi connectivity index (χ1v) is 18.0. The molecule has 2 heterocycles. The van der Waals surface area contributed by atoms with Gasteiger partial charge >= 0.3 is 0 Å². The summed E-state index contributed by atoms with van der Waals surface area (Å²) < 4.78 is 13.3. The van der Waals surface area contributed by atoms with Crippen LogP contribution in [-0.2, 0) is 0 Å². The van der Waals surface area contributed by atoms with E-state index in [-0.39, 0.29) is 0 Å². The van der Waals surface area contributed by atoms with Gasteiger partial charge in [0.15, 0.2) is 5.58 Å². The molecule has 0 fully saturated rings. The lowest BCUT2D eigenvalue weighted by atomic mass is 10.0. The zero-order valence-corrected chi connectivity index (χ0v) is 28.7. The topological polar surface area (TPSA) is 29.5 Å². The molecule has 53 heavy (non-hydrogen) atoms. The number of para-hydroxylation sites is 3. The molecular formula is C50H31NO2. The van der Waals surface area contributed by atoms with E-state index in [0.717, 1.165) is 82.8 Å². The highest BCUT2D eigenvalue weighted by Crippen LogP contribution is 2.45. The van der Waals surface area contributed by atoms with Gasteiger partial charge in [0.2, 0.25) is 0 Å². The Bertz CT molecular complexity index is 3170. The van der Waals surface area contributed by atoms with E-state index in [1.54, 1.807) is 0 Å². The molecule has 0 spiro atoms. The number of anilines is 3. The molecule has 0 unspecified atom stereocenters. The van der Waals surface area contributed by atoms with Crippen LogP contribution in [0.5, 0.6) is 0 Å². The van der Waals surface area contributed by atoms with Gasteiger partial charge in [-0.05, 0) is 81.4 Å². The molecule has 0 saturated heterocycles. The third kappa shape index (κ3) is 4.75. The van der Waals surface area contributed by atoms with E-state index in [1.165, 1.54) is 21.9 Å². The highest BCUT2D eigenvalue weighted by atomic mass is 16.3. The van der Waals surface area contributed by atoms with Gasteiger partial charge in [-0.25, -0.2) is 0 Å². The van der Waals surface area contributed by atoms with Crippen molar-refractivity contribution in [2.75, 3.05) is 4.90 Å². The zero-order chi connectivity index (χ0) is 34.9. The Morgan fingerprint density at radius 2 is 0.906 bits per heavy atom. The summed E-state index contributed by atoms with van der Waals surface area (Å²) in [6.07, 6.45) is 0. The number of hydrogen-bond acceptors (Lipinski definition) is 3. The second-order valence-corrected chi connectivity index (χ2v) is 13.7. The first kappa shape index (κ1) is 29.6. The molecule has 3 nitrogen and oxygen atoms in total. The van der Waals surface area contributed by atoms with Crippen LogP contribution in [0, 0.1) is 0 Å². The van der Waals surface area contributed by atoms with Crippen molar-refractivity contribution in [2.24, 2.45) is 0 Å². The van der Waals surface area contributed by atoms with Gasteiger partial charge in [0.1, 0.15) is 16.7 Å². The molecule has 0 saturated carbocycles. The minimum absolute atomic E-state index is 0.855. The lowest BCUT2D eigenvalue weighted by molar-refractivity contribution is 0.670. The minimum Gasteiger partial charge on any atom is -0.455 e. The van der Waals surface area contributed by atoms with Gasteiger partial charge in [0.25, 0.3) is 0 Å². The molecule has 0 amide bonds. The van der Waals surface area contributed by atoms with E-state index in [4.69, 9.17) is 8.83 Å². The summed E-state index contributed by atoms with van der Waals surface area (Å²) in [6, 6.07) is 66.7. The third-order valence-corrected chi connectivity index (χ3v) is 10.7. The fraction of sp³-hybridized carbons (Fsp3) is 0. The number of hydrogen-bond donors (Lipinski definition) is 0. The standard InChI is InChI=1S/C50H31NO2/c1-2-11-36-31-37(20-19-32(36)9-1)33-21-26-38(27-22-33)51(46-17-8-16-44-45-30-25-34-10-3-4-12-40(34)49(45)53-50(44)46)39-28-23-35(24-29-39)41-14-7-15-43-42-13-5-6-18-47(42)52-48(41)43/h1-31H. The molecule has 0 bridgehead atoms. The summed E-state index contributed by atoms with van der Waals surface area (Å²) in [4.78, 5) is 2.31. The molecule has 0 atom stereocenters. The predicted octanol–water partition coefficient (Wildman–Crippen LogP) is 14.6. The Balaban J connectivity index is 1.07. The maximum absolute atomic E-state index is 6.87. The van der Waals surface area contributed by atoms with Crippen molar-refractivity contribution in [1.82, 2.24) is 0 Å². The van der Waals surface area contributed by atoms with E-state index in [9.17, 15) is 0 Å². The Morgan fingerprint density at radius 3 is 1.72 bits per heavy atom. The number of fused-ring (bicyclic) bond motifs is 9. The van der Waals surface area contributed by atoms with Crippen LogP contribution in [0.1, 0.15) is 0 Å². The van der Waals surface area contributed by atoms with Crippen molar-refractivity contribution in [2.45, 2.75) is 0 Å². The van der Waals surface area contributed by atoms with Crippen molar-refractivity contribution < 1.29 is 8.83 Å². The molecule has 9 aromatic carbocycles. The molecule has 2 aromatic heterocycles. The second kappa shape index (κ2) is 11.7. The fourth-order valence-corrected chi connectivity index (χ4v) is 8.05. The molecule has 11 aromatic rings. The van der Waals surface area contributed by atoms with Crippen LogP contribution in [0.4, 0.5) is 17.1 Å². The number of nitrogens with zero attached hydrogens (tertiary/aromatic N) is 1. The van der Waals surface area contributed by atoms with Crippen LogP contribution in [0.2, 0.25) is 0 Å². The first-order valence-electron chi connectivity index (χ1n) is 18.0. The monoisotopic (exact) mass is 677 g/mol. The van der Waals surface area contributed by atoms with Crippen LogP contribution < -0.4 is 4.90 Å². The lowest BCUT2D eigenvalue weighted by Gasteiger charge is -2.26. The molecular weight excluding hydrogens is 647 g/mol. The second-order valence-electron chi connectivity index (χ2n) is 13.7. The summed E-state index contributed by atoms with van der Waals surface area (Å²) >= 11 is 0. The molecule has 248 valence electrons. The van der Waals surface area contributed by atoms with Gasteiger partial charge in [0, 0.05) is 43.9 Å². The van der Waals surface area contributed by atoms with Crippen LogP contribution >= 0.6 is 0 Å². The number of benzene rings is 9. The Labute approximate surface area is 305 Å². The van der Waals surface area contributed by atoms with E-state index in [2.05, 4.69) is 181 Å². The van der Waals surface area contributed by atoms with Crippen molar-refractivity contribution in [3.8, 4) is 22.3 Å². The average Bonchev–Trinajstić information content (AvgIpc) is 3.81. The molecule has 0 aliphatic heterocycles. The van der Waals surface area contributed by atoms with Crippen molar-refractivity contribution >= 4 is 82.5 Å². The molecule has 0 aliphatic carbocycles. The summed E-state index contributed by atoms with van der Waals surface area (Å²) in [6.45, 7) is 0. The summed E-state index contributed by atoms with van der Waals surface area (Å²) in [5, 5.41) is 9.21. The van der Waals surface area contributed by atoms with Crippen molar-refractivity contribution in [1.29, 1.82) is 0 Å². The average molecular weight is 678 g/mol. The van der Waals surface area contributed by atoms with E-state index >= 15 is 0 Å². The molecule has 0 radical (unpaired) electrons. The van der Waals surface area contributed by atoms with Gasteiger partial charge in [-0.15, -0.1) is 0 Å². The van der Waals surface area contributed by atoms with Gasteiger partial charge in [-0.3, -0.25) is 0 Å². The number of furan rings is 2. The fourth-order valence-electron chi connectivity index (χ4n) is 8.05. The quantitative estimate of drug-likeness (QED) is 0.182. The molecule has 0 N–H and O–H groups in total. The lowest BCUT2D eigenvalue weighted by Crippen LogP contribution is -2.10. The summed E-state index contributed by atoms with van der Waals surface area (Å²) in [5.41, 5.74) is 11.1. The van der Waals surface area contributed by atoms with Crippen LogP contribution in [0.15, 0.2) is 197 Å². The predicted molar refractivity (Wildman–Crippen MR) is 222 cm³/mol. The zero-order valence-electron chi connectivity index (χ0n) is 28.7. The van der Waals surface area contributed by atoms with Gasteiger partial charge in [-0.2, -0.15) is 0 Å². The smallest absolute Gasteiger partial charge is 0.159 e. The van der Waals surface area contributed by atoms with Crippen molar-refractivity contribution in [3.05, 3.63) is 188 Å². The minimum atomic E-state index is 0.855. The Morgan fingerprint density at radius 1 is 0.321 bits per heavy atom. The summed E-state index contributed by atoms with van der Waals surface area (Å²) in [7, 11) is 0. The Hall–Kier alpha value is -7.10. The number of rotatable bonds is 5.